The molecule has 1 heterocycles. The Hall–Kier alpha value is -3.39. The van der Waals surface area contributed by atoms with E-state index in [-0.39, 0.29) is 30.9 Å². The Bertz CT molecular complexity index is 1050. The van der Waals surface area contributed by atoms with Crippen molar-refractivity contribution in [2.75, 3.05) is 19.8 Å². The number of ether oxygens (including phenoxy) is 2. The molecule has 1 aliphatic heterocycles. The van der Waals surface area contributed by atoms with E-state index in [0.29, 0.717) is 25.9 Å². The highest BCUT2D eigenvalue weighted by molar-refractivity contribution is 5.90. The molecular formula is C27H32N2O6. The van der Waals surface area contributed by atoms with Crippen LogP contribution in [0.4, 0.5) is 4.79 Å². The van der Waals surface area contributed by atoms with Crippen LogP contribution in [0, 0.1) is 5.92 Å². The number of amides is 2. The summed E-state index contributed by atoms with van der Waals surface area (Å²) in [7, 11) is 0. The average molecular weight is 481 g/mol. The summed E-state index contributed by atoms with van der Waals surface area (Å²) in [5.41, 5.74) is 3.36. The summed E-state index contributed by atoms with van der Waals surface area (Å²) in [5, 5.41) is 14.9. The zero-order valence-corrected chi connectivity index (χ0v) is 20.1. The smallest absolute Gasteiger partial charge is 0.408 e. The van der Waals surface area contributed by atoms with Crippen molar-refractivity contribution >= 4 is 18.0 Å². The summed E-state index contributed by atoms with van der Waals surface area (Å²) >= 11 is 0. The quantitative estimate of drug-likeness (QED) is 0.504. The van der Waals surface area contributed by atoms with Crippen LogP contribution in [-0.4, -0.2) is 54.5 Å². The van der Waals surface area contributed by atoms with Crippen LogP contribution in [0.15, 0.2) is 48.5 Å². The van der Waals surface area contributed by atoms with Gasteiger partial charge in [0.1, 0.15) is 12.1 Å². The zero-order chi connectivity index (χ0) is 25.0. The fraction of sp³-hybridized carbons (Fsp3) is 0.444. The normalized spacial score (nSPS) is 19.0. The van der Waals surface area contributed by atoms with Gasteiger partial charge in [0.15, 0.2) is 6.10 Å². The summed E-state index contributed by atoms with van der Waals surface area (Å²) in [6.45, 7) is 4.33. The molecule has 1 saturated heterocycles. The molecule has 0 saturated carbocycles. The van der Waals surface area contributed by atoms with Gasteiger partial charge in [-0.2, -0.15) is 0 Å². The average Bonchev–Trinajstić information content (AvgIpc) is 3.47. The maximum atomic E-state index is 13.1. The van der Waals surface area contributed by atoms with Gasteiger partial charge in [-0.1, -0.05) is 62.4 Å². The highest BCUT2D eigenvalue weighted by atomic mass is 16.5. The second-order valence-electron chi connectivity index (χ2n) is 9.13. The molecule has 35 heavy (non-hydrogen) atoms. The molecule has 1 aliphatic carbocycles. The molecule has 3 N–H and O–H groups in total. The molecule has 2 amide bonds. The molecule has 2 aliphatic rings. The summed E-state index contributed by atoms with van der Waals surface area (Å²) in [5.74, 6) is -1.77. The predicted octanol–water partition coefficient (Wildman–Crippen LogP) is 3.69. The maximum Gasteiger partial charge on any atom is 0.408 e. The third kappa shape index (κ3) is 4.89. The minimum atomic E-state index is -1.15. The van der Waals surface area contributed by atoms with Crippen LogP contribution in [0.25, 0.3) is 11.1 Å². The molecule has 1 fully saturated rings. The monoisotopic (exact) mass is 480 g/mol. The van der Waals surface area contributed by atoms with E-state index in [1.165, 1.54) is 0 Å². The van der Waals surface area contributed by atoms with Gasteiger partial charge in [0.05, 0.1) is 0 Å². The molecule has 2 aromatic carbocycles. The number of aliphatic carboxylic acids is 1. The lowest BCUT2D eigenvalue weighted by Crippen LogP contribution is -2.59. The van der Waals surface area contributed by atoms with E-state index in [4.69, 9.17) is 9.47 Å². The highest BCUT2D eigenvalue weighted by Gasteiger charge is 2.40. The number of carbonyl (C=O) groups excluding carboxylic acids is 2. The molecule has 8 heteroatoms. The second kappa shape index (κ2) is 10.5. The van der Waals surface area contributed by atoms with Crippen LogP contribution in [0.3, 0.4) is 0 Å². The van der Waals surface area contributed by atoms with Crippen molar-refractivity contribution < 1.29 is 29.0 Å². The Morgan fingerprint density at radius 3 is 2.20 bits per heavy atom. The summed E-state index contributed by atoms with van der Waals surface area (Å²) in [6, 6.07) is 16.2. The molecule has 0 radical (unpaired) electrons. The standard InChI is InChI=1S/C27H32N2O6/c1-3-27(4-2,25(32)28-15-17-13-14-34-23(17)24(30)31)29-26(33)35-16-22-20-11-7-5-9-18(20)19-10-6-8-12-21(19)22/h5-12,17,22-23H,3-4,13-16H2,1-2H3,(H,28,32)(H,29,33)(H,30,31)/t17-,23-/m0/s1. The molecule has 0 unspecified atom stereocenters. The van der Waals surface area contributed by atoms with Gasteiger partial charge < -0.3 is 25.2 Å². The largest absolute Gasteiger partial charge is 0.479 e. The van der Waals surface area contributed by atoms with E-state index < -0.39 is 23.7 Å². The minimum Gasteiger partial charge on any atom is -0.479 e. The molecule has 8 nitrogen and oxygen atoms in total. The first-order valence-electron chi connectivity index (χ1n) is 12.2. The van der Waals surface area contributed by atoms with E-state index in [2.05, 4.69) is 22.8 Å². The number of hydrogen-bond donors (Lipinski definition) is 3. The van der Waals surface area contributed by atoms with Gasteiger partial charge in [-0.15, -0.1) is 0 Å². The molecular weight excluding hydrogens is 448 g/mol. The number of carbonyl (C=O) groups is 3. The molecule has 0 aromatic heterocycles. The van der Waals surface area contributed by atoms with Crippen LogP contribution < -0.4 is 10.6 Å². The van der Waals surface area contributed by atoms with Gasteiger partial charge in [0.2, 0.25) is 5.91 Å². The number of alkyl carbamates (subject to hydrolysis) is 1. The molecule has 186 valence electrons. The Kier molecular flexibility index (Phi) is 7.40. The van der Waals surface area contributed by atoms with Gasteiger partial charge in [-0.25, -0.2) is 9.59 Å². The van der Waals surface area contributed by atoms with Crippen molar-refractivity contribution in [3.05, 3.63) is 59.7 Å². The van der Waals surface area contributed by atoms with Crippen LogP contribution >= 0.6 is 0 Å². The van der Waals surface area contributed by atoms with Crippen molar-refractivity contribution in [2.24, 2.45) is 5.92 Å². The van der Waals surface area contributed by atoms with E-state index in [0.717, 1.165) is 22.3 Å². The highest BCUT2D eigenvalue weighted by Crippen LogP contribution is 2.44. The Morgan fingerprint density at radius 2 is 1.63 bits per heavy atom. The molecule has 0 spiro atoms. The third-order valence-electron chi connectivity index (χ3n) is 7.31. The summed E-state index contributed by atoms with van der Waals surface area (Å²) in [6.07, 6.45) is -0.296. The topological polar surface area (TPSA) is 114 Å². The lowest BCUT2D eigenvalue weighted by Gasteiger charge is -2.31. The maximum absolute atomic E-state index is 13.1. The number of fused-ring (bicyclic) bond motifs is 3. The number of carboxylic acid groups (broad SMARTS) is 1. The van der Waals surface area contributed by atoms with Crippen LogP contribution in [-0.2, 0) is 19.1 Å². The van der Waals surface area contributed by atoms with Crippen molar-refractivity contribution in [3.8, 4) is 11.1 Å². The first-order valence-corrected chi connectivity index (χ1v) is 12.2. The minimum absolute atomic E-state index is 0.0741. The van der Waals surface area contributed by atoms with Gasteiger partial charge in [-0.05, 0) is 41.5 Å². The van der Waals surface area contributed by atoms with Gasteiger partial charge in [0.25, 0.3) is 0 Å². The summed E-state index contributed by atoms with van der Waals surface area (Å²) in [4.78, 5) is 37.3. The van der Waals surface area contributed by atoms with Gasteiger partial charge in [-0.3, -0.25) is 4.79 Å². The number of nitrogens with one attached hydrogen (secondary N) is 2. The van der Waals surface area contributed by atoms with Gasteiger partial charge >= 0.3 is 12.1 Å². The van der Waals surface area contributed by atoms with E-state index in [9.17, 15) is 19.5 Å². The molecule has 0 bridgehead atoms. The molecule has 4 rings (SSSR count). The van der Waals surface area contributed by atoms with Crippen molar-refractivity contribution in [1.29, 1.82) is 0 Å². The SMILES string of the molecule is CCC(CC)(NC(=O)OCC1c2ccccc2-c2ccccc21)C(=O)NC[C@@H]1CCO[C@@H]1C(=O)O. The van der Waals surface area contributed by atoms with Crippen molar-refractivity contribution in [3.63, 3.8) is 0 Å². The predicted molar refractivity (Wildman–Crippen MR) is 130 cm³/mol. The van der Waals surface area contributed by atoms with Crippen molar-refractivity contribution in [2.45, 2.75) is 50.7 Å². The Labute approximate surface area is 205 Å². The zero-order valence-electron chi connectivity index (χ0n) is 20.1. The first kappa shape index (κ1) is 24.7. The van der Waals surface area contributed by atoms with E-state index in [1.807, 2.05) is 50.2 Å². The number of rotatable bonds is 9. The molecule has 2 aromatic rings. The number of benzene rings is 2. The van der Waals surface area contributed by atoms with Crippen molar-refractivity contribution in [1.82, 2.24) is 10.6 Å². The lowest BCUT2D eigenvalue weighted by atomic mass is 9.91. The lowest BCUT2D eigenvalue weighted by molar-refractivity contribution is -0.149. The van der Waals surface area contributed by atoms with Crippen LogP contribution in [0.1, 0.15) is 50.2 Å². The van der Waals surface area contributed by atoms with E-state index >= 15 is 0 Å². The third-order valence-corrected chi connectivity index (χ3v) is 7.31. The van der Waals surface area contributed by atoms with Gasteiger partial charge in [0, 0.05) is 25.0 Å². The number of hydrogen-bond acceptors (Lipinski definition) is 5. The van der Waals surface area contributed by atoms with E-state index in [1.54, 1.807) is 0 Å². The Balaban J connectivity index is 1.39. The fourth-order valence-corrected chi connectivity index (χ4v) is 5.14. The first-order chi connectivity index (χ1) is 16.9. The molecule has 2 atom stereocenters. The van der Waals surface area contributed by atoms with Crippen LogP contribution in [0.2, 0.25) is 0 Å². The number of carboxylic acids is 1. The van der Waals surface area contributed by atoms with Crippen LogP contribution in [0.5, 0.6) is 0 Å². The second-order valence-corrected chi connectivity index (χ2v) is 9.13. The Morgan fingerprint density at radius 1 is 1.03 bits per heavy atom. The fourth-order valence-electron chi connectivity index (χ4n) is 5.14. The summed E-state index contributed by atoms with van der Waals surface area (Å²) < 4.78 is 10.9.